The molecule has 0 aromatic heterocycles. The van der Waals surface area contributed by atoms with E-state index in [0.29, 0.717) is 29.4 Å². The molecule has 0 aliphatic carbocycles. The fraction of sp³-hybridized carbons (Fsp3) is 0.429. The van der Waals surface area contributed by atoms with Crippen molar-refractivity contribution >= 4 is 29.2 Å². The summed E-state index contributed by atoms with van der Waals surface area (Å²) in [6, 6.07) is 4.76. The number of aliphatic carboxylic acids is 1. The maximum absolute atomic E-state index is 12.4. The van der Waals surface area contributed by atoms with Crippen molar-refractivity contribution in [2.24, 2.45) is 5.92 Å². The van der Waals surface area contributed by atoms with Crippen LogP contribution < -0.4 is 5.73 Å². The minimum absolute atomic E-state index is 0.0155. The van der Waals surface area contributed by atoms with E-state index in [9.17, 15) is 9.59 Å². The highest BCUT2D eigenvalue weighted by Crippen LogP contribution is 2.23. The first-order valence-electron chi connectivity index (χ1n) is 6.53. The largest absolute Gasteiger partial charge is 0.481 e. The van der Waals surface area contributed by atoms with Gasteiger partial charge in [0.1, 0.15) is 0 Å². The molecule has 1 aliphatic rings. The standard InChI is InChI=1S/C14H17ClN2O3/c15-11-5-10(6-12(16)7-11)14(20)17-3-1-2-9(8-17)4-13(18)19/h5-7,9H,1-4,8,16H2,(H,18,19). The highest BCUT2D eigenvalue weighted by Gasteiger charge is 2.26. The zero-order valence-corrected chi connectivity index (χ0v) is 11.8. The van der Waals surface area contributed by atoms with Crippen molar-refractivity contribution in [2.75, 3.05) is 18.8 Å². The van der Waals surface area contributed by atoms with Gasteiger partial charge in [0.25, 0.3) is 5.91 Å². The van der Waals surface area contributed by atoms with Gasteiger partial charge in [0.05, 0.1) is 0 Å². The van der Waals surface area contributed by atoms with Crippen molar-refractivity contribution < 1.29 is 14.7 Å². The van der Waals surface area contributed by atoms with E-state index in [1.165, 1.54) is 0 Å². The maximum Gasteiger partial charge on any atom is 0.303 e. The molecule has 1 aliphatic heterocycles. The summed E-state index contributed by atoms with van der Waals surface area (Å²) in [6.07, 6.45) is 1.76. The molecule has 108 valence electrons. The molecule has 1 atom stereocenters. The van der Waals surface area contributed by atoms with Gasteiger partial charge in [-0.25, -0.2) is 0 Å². The molecule has 0 radical (unpaired) electrons. The van der Waals surface area contributed by atoms with E-state index in [1.807, 2.05) is 0 Å². The predicted octanol–water partition coefficient (Wildman–Crippen LogP) is 2.25. The van der Waals surface area contributed by atoms with E-state index in [2.05, 4.69) is 0 Å². The van der Waals surface area contributed by atoms with Crippen LogP contribution in [0.5, 0.6) is 0 Å². The van der Waals surface area contributed by atoms with Crippen LogP contribution in [0, 0.1) is 5.92 Å². The van der Waals surface area contributed by atoms with E-state index < -0.39 is 5.97 Å². The Morgan fingerprint density at radius 3 is 2.80 bits per heavy atom. The normalized spacial score (nSPS) is 18.9. The fourth-order valence-electron chi connectivity index (χ4n) is 2.58. The zero-order chi connectivity index (χ0) is 14.7. The zero-order valence-electron chi connectivity index (χ0n) is 11.0. The second-order valence-electron chi connectivity index (χ2n) is 5.13. The highest BCUT2D eigenvalue weighted by molar-refractivity contribution is 6.31. The molecule has 1 saturated heterocycles. The summed E-state index contributed by atoms with van der Waals surface area (Å²) in [7, 11) is 0. The number of anilines is 1. The number of carbonyl (C=O) groups excluding carboxylic acids is 1. The van der Waals surface area contributed by atoms with Crippen LogP contribution in [-0.4, -0.2) is 35.0 Å². The number of hydrogen-bond donors (Lipinski definition) is 2. The van der Waals surface area contributed by atoms with E-state index in [1.54, 1.807) is 23.1 Å². The van der Waals surface area contributed by atoms with Crippen LogP contribution in [-0.2, 0) is 4.79 Å². The van der Waals surface area contributed by atoms with E-state index in [-0.39, 0.29) is 18.2 Å². The summed E-state index contributed by atoms with van der Waals surface area (Å²) in [4.78, 5) is 24.8. The smallest absolute Gasteiger partial charge is 0.303 e. The summed E-state index contributed by atoms with van der Waals surface area (Å²) < 4.78 is 0. The number of nitrogens with two attached hydrogens (primary N) is 1. The lowest BCUT2D eigenvalue weighted by molar-refractivity contribution is -0.138. The number of likely N-dealkylation sites (tertiary alicyclic amines) is 1. The third-order valence-electron chi connectivity index (χ3n) is 3.44. The van der Waals surface area contributed by atoms with Crippen molar-refractivity contribution in [3.8, 4) is 0 Å². The molecule has 1 aromatic carbocycles. The SMILES string of the molecule is Nc1cc(Cl)cc(C(=O)N2CCCC(CC(=O)O)C2)c1. The van der Waals surface area contributed by atoms with Crippen molar-refractivity contribution in [2.45, 2.75) is 19.3 Å². The third-order valence-corrected chi connectivity index (χ3v) is 3.65. The van der Waals surface area contributed by atoms with Gasteiger partial charge in [-0.3, -0.25) is 9.59 Å². The Morgan fingerprint density at radius 2 is 2.15 bits per heavy atom. The molecule has 1 heterocycles. The van der Waals surface area contributed by atoms with Gasteiger partial charge < -0.3 is 15.7 Å². The quantitative estimate of drug-likeness (QED) is 0.838. The molecule has 1 aromatic rings. The minimum Gasteiger partial charge on any atom is -0.481 e. The van der Waals surface area contributed by atoms with Crippen LogP contribution in [0.25, 0.3) is 0 Å². The number of halogens is 1. The van der Waals surface area contributed by atoms with Crippen LogP contribution in [0.4, 0.5) is 5.69 Å². The molecule has 5 nitrogen and oxygen atoms in total. The lowest BCUT2D eigenvalue weighted by Crippen LogP contribution is -2.40. The minimum atomic E-state index is -0.823. The third kappa shape index (κ3) is 3.63. The van der Waals surface area contributed by atoms with Crippen LogP contribution in [0.2, 0.25) is 5.02 Å². The summed E-state index contributed by atoms with van der Waals surface area (Å²) in [6.45, 7) is 1.11. The van der Waals surface area contributed by atoms with Gasteiger partial charge in [-0.15, -0.1) is 0 Å². The van der Waals surface area contributed by atoms with Crippen molar-refractivity contribution in [3.63, 3.8) is 0 Å². The van der Waals surface area contributed by atoms with Gasteiger partial charge in [0.2, 0.25) is 0 Å². The first-order valence-corrected chi connectivity index (χ1v) is 6.90. The molecular formula is C14H17ClN2O3. The number of hydrogen-bond acceptors (Lipinski definition) is 3. The first kappa shape index (κ1) is 14.7. The van der Waals surface area contributed by atoms with Gasteiger partial charge in [-0.1, -0.05) is 11.6 Å². The summed E-state index contributed by atoms with van der Waals surface area (Å²) in [5.74, 6) is -0.952. The monoisotopic (exact) mass is 296 g/mol. The van der Waals surface area contributed by atoms with Gasteiger partial charge in [0.15, 0.2) is 0 Å². The van der Waals surface area contributed by atoms with Crippen LogP contribution in [0.3, 0.4) is 0 Å². The Hall–Kier alpha value is -1.75. The van der Waals surface area contributed by atoms with Gasteiger partial charge in [0, 0.05) is 35.8 Å². The van der Waals surface area contributed by atoms with E-state index in [0.717, 1.165) is 12.8 Å². The number of carboxylic acids is 1. The van der Waals surface area contributed by atoms with Crippen LogP contribution >= 0.6 is 11.6 Å². The molecular weight excluding hydrogens is 280 g/mol. The first-order chi connectivity index (χ1) is 9.45. The molecule has 3 N–H and O–H groups in total. The van der Waals surface area contributed by atoms with E-state index >= 15 is 0 Å². The summed E-state index contributed by atoms with van der Waals surface area (Å²) >= 11 is 5.90. The molecule has 20 heavy (non-hydrogen) atoms. The Kier molecular flexibility index (Phi) is 4.49. The number of amides is 1. The summed E-state index contributed by atoms with van der Waals surface area (Å²) in [5.41, 5.74) is 6.58. The average molecular weight is 297 g/mol. The second kappa shape index (κ2) is 6.13. The summed E-state index contributed by atoms with van der Waals surface area (Å²) in [5, 5.41) is 9.27. The van der Waals surface area contributed by atoms with Gasteiger partial charge >= 0.3 is 5.97 Å². The topological polar surface area (TPSA) is 83.6 Å². The number of carboxylic acid groups (broad SMARTS) is 1. The second-order valence-corrected chi connectivity index (χ2v) is 5.57. The average Bonchev–Trinajstić information content (AvgIpc) is 2.36. The molecule has 6 heteroatoms. The lowest BCUT2D eigenvalue weighted by atomic mass is 9.94. The number of nitrogens with zero attached hydrogens (tertiary/aromatic N) is 1. The molecule has 1 fully saturated rings. The molecule has 0 spiro atoms. The Bertz CT molecular complexity index is 513. The number of rotatable bonds is 3. The number of carbonyl (C=O) groups is 2. The number of benzene rings is 1. The van der Waals surface area contributed by atoms with Crippen LogP contribution in [0.15, 0.2) is 18.2 Å². The predicted molar refractivity (Wildman–Crippen MR) is 76.7 cm³/mol. The number of nitrogen functional groups attached to an aromatic ring is 1. The van der Waals surface area contributed by atoms with E-state index in [4.69, 9.17) is 22.4 Å². The molecule has 1 amide bonds. The Morgan fingerprint density at radius 1 is 1.40 bits per heavy atom. The molecule has 0 saturated carbocycles. The van der Waals surface area contributed by atoms with Crippen molar-refractivity contribution in [1.82, 2.24) is 4.90 Å². The van der Waals surface area contributed by atoms with Gasteiger partial charge in [-0.05, 0) is 37.0 Å². The van der Waals surface area contributed by atoms with Crippen molar-refractivity contribution in [1.29, 1.82) is 0 Å². The Balaban J connectivity index is 2.10. The lowest BCUT2D eigenvalue weighted by Gasteiger charge is -2.32. The fourth-order valence-corrected chi connectivity index (χ4v) is 2.83. The molecule has 2 rings (SSSR count). The maximum atomic E-state index is 12.4. The highest BCUT2D eigenvalue weighted by atomic mass is 35.5. The van der Waals surface area contributed by atoms with Crippen LogP contribution in [0.1, 0.15) is 29.6 Å². The van der Waals surface area contributed by atoms with Crippen molar-refractivity contribution in [3.05, 3.63) is 28.8 Å². The molecule has 0 bridgehead atoms. The Labute approximate surface area is 122 Å². The number of piperidine rings is 1. The molecule has 1 unspecified atom stereocenters. The van der Waals surface area contributed by atoms with Gasteiger partial charge in [-0.2, -0.15) is 0 Å².